The van der Waals surface area contributed by atoms with Gasteiger partial charge < -0.3 is 14.8 Å². The van der Waals surface area contributed by atoms with Crippen molar-refractivity contribution in [3.05, 3.63) is 64.5 Å². The number of nitriles is 1. The van der Waals surface area contributed by atoms with Crippen molar-refractivity contribution in [3.8, 4) is 17.5 Å². The molecule has 3 aromatic rings. The number of anilines is 1. The van der Waals surface area contributed by atoms with Crippen molar-refractivity contribution in [2.24, 2.45) is 0 Å². The Kier molecular flexibility index (Phi) is 11.3. The summed E-state index contributed by atoms with van der Waals surface area (Å²) in [6.07, 6.45) is 0.921. The number of aliphatic hydroxyl groups excluding tert-OH is 1. The van der Waals surface area contributed by atoms with Crippen molar-refractivity contribution < 1.29 is 9.52 Å². The van der Waals surface area contributed by atoms with Crippen LogP contribution in [0.25, 0.3) is 11.5 Å². The molecule has 7 heteroatoms. The number of aromatic nitrogens is 2. The van der Waals surface area contributed by atoms with E-state index in [0.717, 1.165) is 16.8 Å². The predicted molar refractivity (Wildman–Crippen MR) is 126 cm³/mol. The lowest BCUT2D eigenvalue weighted by Crippen LogP contribution is -2.15. The van der Waals surface area contributed by atoms with E-state index in [1.54, 1.807) is 19.1 Å². The number of rotatable bonds is 5. The van der Waals surface area contributed by atoms with E-state index < -0.39 is 6.10 Å². The minimum Gasteiger partial charge on any atom is -0.423 e. The number of aliphatic hydroxyl groups is 1. The van der Waals surface area contributed by atoms with E-state index >= 15 is 0 Å². The number of hydrogen-bond donors (Lipinski definition) is 2. The van der Waals surface area contributed by atoms with Gasteiger partial charge in [0, 0.05) is 17.8 Å². The van der Waals surface area contributed by atoms with Gasteiger partial charge in [0.05, 0.1) is 16.7 Å². The Hall–Kier alpha value is -2.88. The van der Waals surface area contributed by atoms with E-state index in [2.05, 4.69) is 41.5 Å². The topological polar surface area (TPSA) is 95.0 Å². The van der Waals surface area contributed by atoms with Crippen LogP contribution in [0.3, 0.4) is 0 Å². The van der Waals surface area contributed by atoms with Crippen molar-refractivity contribution in [3.63, 3.8) is 0 Å². The molecular formula is C24H31ClN4O2. The molecule has 0 amide bonds. The van der Waals surface area contributed by atoms with Crippen LogP contribution in [0.5, 0.6) is 0 Å². The fourth-order valence-corrected chi connectivity index (χ4v) is 2.74. The van der Waals surface area contributed by atoms with Gasteiger partial charge in [-0.3, -0.25) is 0 Å². The Bertz CT molecular complexity index is 947. The first-order chi connectivity index (χ1) is 14.8. The lowest BCUT2D eigenvalue weighted by molar-refractivity contribution is 0.208. The zero-order valence-corrected chi connectivity index (χ0v) is 19.7. The number of nitrogens with one attached hydrogen (secondary N) is 1. The second-order valence-electron chi connectivity index (χ2n) is 6.96. The third kappa shape index (κ3) is 8.05. The van der Waals surface area contributed by atoms with Gasteiger partial charge in [-0.25, -0.2) is 0 Å². The number of nitrogens with zero attached hydrogens (tertiary/aromatic N) is 3. The number of benzene rings is 2. The van der Waals surface area contributed by atoms with Crippen LogP contribution in [-0.2, 0) is 0 Å². The zero-order chi connectivity index (χ0) is 23.4. The van der Waals surface area contributed by atoms with Crippen LogP contribution in [0.15, 0.2) is 47.2 Å². The second-order valence-corrected chi connectivity index (χ2v) is 7.34. The smallest absolute Gasteiger partial charge is 0.247 e. The normalized spacial score (nSPS) is 10.8. The molecule has 31 heavy (non-hydrogen) atoms. The second kappa shape index (κ2) is 13.4. The maximum absolute atomic E-state index is 9.13. The first kappa shape index (κ1) is 26.2. The molecule has 1 aromatic heterocycles. The first-order valence-electron chi connectivity index (χ1n) is 10.3. The van der Waals surface area contributed by atoms with Crippen LogP contribution in [-0.4, -0.2) is 28.0 Å². The summed E-state index contributed by atoms with van der Waals surface area (Å²) < 4.78 is 5.10. The number of hydrogen-bond acceptors (Lipinski definition) is 6. The molecule has 0 aliphatic rings. The summed E-state index contributed by atoms with van der Waals surface area (Å²) in [4.78, 5) is 0. The third-order valence-corrected chi connectivity index (χ3v) is 4.77. The lowest BCUT2D eigenvalue weighted by Gasteiger charge is -2.12. The van der Waals surface area contributed by atoms with Gasteiger partial charge >= 0.3 is 0 Å². The van der Waals surface area contributed by atoms with Crippen molar-refractivity contribution in [2.75, 3.05) is 11.9 Å². The van der Waals surface area contributed by atoms with Crippen LogP contribution in [0.1, 0.15) is 57.2 Å². The van der Waals surface area contributed by atoms with Crippen LogP contribution in [0, 0.1) is 18.3 Å². The molecule has 0 aliphatic carbocycles. The summed E-state index contributed by atoms with van der Waals surface area (Å²) in [6.45, 7) is 12.3. The Morgan fingerprint density at radius 1 is 1.13 bits per heavy atom. The maximum atomic E-state index is 9.13. The highest BCUT2D eigenvalue weighted by molar-refractivity contribution is 6.32. The summed E-state index contributed by atoms with van der Waals surface area (Å²) >= 11 is 5.99. The van der Waals surface area contributed by atoms with E-state index in [9.17, 15) is 0 Å². The Morgan fingerprint density at radius 2 is 1.77 bits per heavy atom. The molecule has 166 valence electrons. The van der Waals surface area contributed by atoms with Crippen LogP contribution in [0.2, 0.25) is 5.02 Å². The summed E-state index contributed by atoms with van der Waals surface area (Å²) in [6, 6.07) is 13.7. The minimum atomic E-state index is -0.418. The van der Waals surface area contributed by atoms with Crippen molar-refractivity contribution in [1.29, 1.82) is 5.26 Å². The fraction of sp³-hybridized carbons (Fsp3) is 0.375. The maximum Gasteiger partial charge on any atom is 0.247 e. The molecule has 1 atom stereocenters. The van der Waals surface area contributed by atoms with Gasteiger partial charge in [-0.15, -0.1) is 10.2 Å². The van der Waals surface area contributed by atoms with E-state index in [0.29, 0.717) is 28.9 Å². The van der Waals surface area contributed by atoms with E-state index in [1.165, 1.54) is 12.0 Å². The molecule has 0 spiro atoms. The molecule has 6 nitrogen and oxygen atoms in total. The molecule has 0 saturated heterocycles. The van der Waals surface area contributed by atoms with Gasteiger partial charge in [0.25, 0.3) is 0 Å². The SMILES string of the molecule is CC.CC(C)c1ccc(-c2nnco2)cc1.Cc1c(NCC(C)O)ccc(C#N)c1Cl. The largest absolute Gasteiger partial charge is 0.423 e. The molecule has 2 N–H and O–H groups in total. The molecule has 0 radical (unpaired) electrons. The highest BCUT2D eigenvalue weighted by Crippen LogP contribution is 2.26. The molecule has 0 aliphatic heterocycles. The summed E-state index contributed by atoms with van der Waals surface area (Å²) in [5.41, 5.74) is 4.42. The monoisotopic (exact) mass is 442 g/mol. The van der Waals surface area contributed by atoms with Crippen LogP contribution >= 0.6 is 11.6 Å². The molecule has 0 bridgehead atoms. The molecule has 0 fully saturated rings. The molecule has 3 rings (SSSR count). The Morgan fingerprint density at radius 3 is 2.26 bits per heavy atom. The summed E-state index contributed by atoms with van der Waals surface area (Å²) in [7, 11) is 0. The van der Waals surface area contributed by atoms with Crippen LogP contribution in [0.4, 0.5) is 5.69 Å². The summed E-state index contributed by atoms with van der Waals surface area (Å²) in [5, 5.41) is 28.9. The van der Waals surface area contributed by atoms with Gasteiger partial charge in [-0.2, -0.15) is 5.26 Å². The third-order valence-electron chi connectivity index (χ3n) is 4.28. The average molecular weight is 443 g/mol. The standard InChI is InChI=1S/C11H13ClN2O.C11H12N2O.C2H6/c1-7(15)6-14-10-4-3-9(5-13)11(12)8(10)2;1-8(2)9-3-5-10(6-4-9)11-13-12-7-14-11;1-2/h3-4,7,14-15H,6H2,1-2H3;3-8H,1-2H3;1-2H3. The predicted octanol–water partition coefficient (Wildman–Crippen LogP) is 6.20. The van der Waals surface area contributed by atoms with Crippen molar-refractivity contribution in [1.82, 2.24) is 10.2 Å². The molecule has 0 saturated carbocycles. The van der Waals surface area contributed by atoms with Gasteiger partial charge in [0.1, 0.15) is 6.07 Å². The van der Waals surface area contributed by atoms with Crippen molar-refractivity contribution >= 4 is 17.3 Å². The van der Waals surface area contributed by atoms with Crippen molar-refractivity contribution in [2.45, 2.75) is 53.6 Å². The summed E-state index contributed by atoms with van der Waals surface area (Å²) in [5.74, 6) is 1.12. The fourth-order valence-electron chi connectivity index (χ4n) is 2.53. The van der Waals surface area contributed by atoms with Gasteiger partial charge in [-0.05, 0) is 55.2 Å². The first-order valence-corrected chi connectivity index (χ1v) is 10.7. The molecule has 2 aromatic carbocycles. The van der Waals surface area contributed by atoms with E-state index in [4.69, 9.17) is 26.4 Å². The Balaban J connectivity index is 0.000000287. The quantitative estimate of drug-likeness (QED) is 0.488. The molecule has 1 heterocycles. The number of halogens is 1. The Labute approximate surface area is 189 Å². The zero-order valence-electron chi connectivity index (χ0n) is 19.0. The minimum absolute atomic E-state index is 0.418. The van der Waals surface area contributed by atoms with E-state index in [1.807, 2.05) is 39.0 Å². The van der Waals surface area contributed by atoms with Gasteiger partial charge in [-0.1, -0.05) is 51.4 Å². The molecular weight excluding hydrogens is 412 g/mol. The highest BCUT2D eigenvalue weighted by Gasteiger charge is 2.08. The average Bonchev–Trinajstić information content (AvgIpc) is 3.32. The van der Waals surface area contributed by atoms with Gasteiger partial charge in [0.15, 0.2) is 0 Å². The highest BCUT2D eigenvalue weighted by atomic mass is 35.5. The molecule has 1 unspecified atom stereocenters. The van der Waals surface area contributed by atoms with E-state index in [-0.39, 0.29) is 0 Å². The van der Waals surface area contributed by atoms with Crippen LogP contribution < -0.4 is 5.32 Å². The van der Waals surface area contributed by atoms with Gasteiger partial charge in [0.2, 0.25) is 12.3 Å². The lowest BCUT2D eigenvalue weighted by atomic mass is 10.0.